The van der Waals surface area contributed by atoms with Gasteiger partial charge >= 0.3 is 0 Å². The van der Waals surface area contributed by atoms with E-state index in [1.807, 2.05) is 0 Å². The molecule has 0 radical (unpaired) electrons. The summed E-state index contributed by atoms with van der Waals surface area (Å²) in [6.07, 6.45) is -8.23. The molecule has 42 heavy (non-hydrogen) atoms. The zero-order chi connectivity index (χ0) is 30.6. The van der Waals surface area contributed by atoms with Crippen molar-refractivity contribution in [2.45, 2.75) is 30.9 Å². The molecule has 1 saturated heterocycles. The number of nitrogens with one attached hydrogen (secondary N) is 4. The minimum absolute atomic E-state index is 0.160. The first-order valence-electron chi connectivity index (χ1n) is 12.5. The number of hydrogen-bond acceptors (Lipinski definition) is 12. The molecule has 8 N–H and O–H groups in total. The highest BCUT2D eigenvalue weighted by atomic mass is 32.2. The maximum absolute atomic E-state index is 12.1. The monoisotopic (exact) mass is 606 g/mol. The van der Waals surface area contributed by atoms with Gasteiger partial charge in [0.15, 0.2) is 6.29 Å². The highest BCUT2D eigenvalue weighted by Crippen LogP contribution is 2.24. The summed E-state index contributed by atoms with van der Waals surface area (Å²) in [6, 6.07) is 14.1. The van der Waals surface area contributed by atoms with E-state index in [0.717, 1.165) is 11.8 Å². The third kappa shape index (κ3) is 10.1. The third-order valence-corrected chi connectivity index (χ3v) is 6.52. The molecule has 1 fully saturated rings. The van der Waals surface area contributed by atoms with E-state index in [-0.39, 0.29) is 16.6 Å². The van der Waals surface area contributed by atoms with Gasteiger partial charge in [0.25, 0.3) is 0 Å². The molecule has 0 aliphatic carbocycles. The molecule has 2 aromatic carbocycles. The van der Waals surface area contributed by atoms with Gasteiger partial charge in [-0.3, -0.25) is 24.0 Å². The first-order valence-corrected chi connectivity index (χ1v) is 13.5. The van der Waals surface area contributed by atoms with Crippen LogP contribution in [0.2, 0.25) is 0 Å². The molecule has 5 unspecified atom stereocenters. The van der Waals surface area contributed by atoms with Crippen LogP contribution in [0, 0.1) is 0 Å². The number of benzene rings is 2. The fraction of sp³-hybridized carbons (Fsp3) is 0.346. The molecule has 5 atom stereocenters. The number of anilines is 1. The Kier molecular flexibility index (Phi) is 12.2. The summed E-state index contributed by atoms with van der Waals surface area (Å²) in [5.41, 5.74) is 0.782. The quantitative estimate of drug-likeness (QED) is 0.127. The Hall–Kier alpha value is -4.06. The molecule has 0 bridgehead atoms. The lowest BCUT2D eigenvalue weighted by molar-refractivity contribution is -0.321. The first-order chi connectivity index (χ1) is 20.0. The van der Waals surface area contributed by atoms with Crippen LogP contribution in [0.25, 0.3) is 0 Å². The SMILES string of the molecule is O=C(CNC(=O)CSC(=O)c1ccccc1)NCC(=O)NCC(=O)Nc1ccc(OC2OC(O)C(O)C(O)C2O)cc1. The standard InChI is InChI=1S/C26H30N4O11S/c31-17(10-27-18(32)11-29-20(34)13-42-25(39)14-4-2-1-3-5-14)28-12-19(33)30-15-6-8-16(9-7-15)40-26-23(37)21(35)22(36)24(38)41-26/h1-9,21-24,26,35-38H,10-13H2,(H,27,32)(H,28,31)(H,29,34)(H,30,33). The highest BCUT2D eigenvalue weighted by Gasteiger charge is 2.44. The van der Waals surface area contributed by atoms with Crippen molar-refractivity contribution in [1.82, 2.24) is 16.0 Å². The number of aliphatic hydroxyl groups excluding tert-OH is 4. The Morgan fingerprint density at radius 2 is 1.29 bits per heavy atom. The van der Waals surface area contributed by atoms with Crippen LogP contribution >= 0.6 is 11.8 Å². The van der Waals surface area contributed by atoms with Gasteiger partial charge in [0.05, 0.1) is 25.4 Å². The molecule has 1 heterocycles. The molecular formula is C26H30N4O11S. The van der Waals surface area contributed by atoms with Crippen molar-refractivity contribution in [2.75, 3.05) is 30.7 Å². The number of aliphatic hydroxyl groups is 4. The molecule has 0 spiro atoms. The van der Waals surface area contributed by atoms with Crippen molar-refractivity contribution < 1.29 is 53.9 Å². The van der Waals surface area contributed by atoms with Gasteiger partial charge in [-0.1, -0.05) is 42.1 Å². The largest absolute Gasteiger partial charge is 0.462 e. The smallest absolute Gasteiger partial charge is 0.243 e. The fourth-order valence-corrected chi connectivity index (χ4v) is 4.05. The van der Waals surface area contributed by atoms with E-state index < -0.39 is 74.2 Å². The summed E-state index contributed by atoms with van der Waals surface area (Å²) < 4.78 is 10.3. The van der Waals surface area contributed by atoms with Crippen LogP contribution in [0.5, 0.6) is 5.75 Å². The number of amides is 4. The summed E-state index contributed by atoms with van der Waals surface area (Å²) in [5.74, 6) is -2.42. The first kappa shape index (κ1) is 32.5. The van der Waals surface area contributed by atoms with E-state index in [1.165, 1.54) is 24.3 Å². The van der Waals surface area contributed by atoms with Gasteiger partial charge in [-0.05, 0) is 24.3 Å². The highest BCUT2D eigenvalue weighted by molar-refractivity contribution is 8.14. The molecular weight excluding hydrogens is 576 g/mol. The number of rotatable bonds is 12. The third-order valence-electron chi connectivity index (χ3n) is 5.62. The van der Waals surface area contributed by atoms with E-state index in [9.17, 15) is 44.4 Å². The van der Waals surface area contributed by atoms with E-state index >= 15 is 0 Å². The van der Waals surface area contributed by atoms with Gasteiger partial charge in [-0.2, -0.15) is 0 Å². The van der Waals surface area contributed by atoms with Crippen LogP contribution in [-0.4, -0.2) is 105 Å². The summed E-state index contributed by atoms with van der Waals surface area (Å²) in [4.78, 5) is 59.8. The number of carbonyl (C=O) groups is 5. The van der Waals surface area contributed by atoms with E-state index in [4.69, 9.17) is 9.47 Å². The Morgan fingerprint density at radius 3 is 1.90 bits per heavy atom. The number of hydrogen-bond donors (Lipinski definition) is 8. The average Bonchev–Trinajstić information content (AvgIpc) is 2.99. The lowest BCUT2D eigenvalue weighted by atomic mass is 10.0. The minimum Gasteiger partial charge on any atom is -0.462 e. The molecule has 1 aliphatic heterocycles. The Labute approximate surface area is 243 Å². The summed E-state index contributed by atoms with van der Waals surface area (Å²) in [6.45, 7) is -1.25. The van der Waals surface area contributed by atoms with E-state index in [2.05, 4.69) is 21.3 Å². The number of ether oxygens (including phenoxy) is 2. The van der Waals surface area contributed by atoms with Crippen LogP contribution in [-0.2, 0) is 23.9 Å². The number of thioether (sulfide) groups is 1. The second kappa shape index (κ2) is 15.8. The lowest BCUT2D eigenvalue weighted by Crippen LogP contribution is -2.59. The molecule has 0 aromatic heterocycles. The summed E-state index contributed by atoms with van der Waals surface area (Å²) >= 11 is 0.796. The van der Waals surface area contributed by atoms with Crippen molar-refractivity contribution in [1.29, 1.82) is 0 Å². The maximum Gasteiger partial charge on any atom is 0.243 e. The molecule has 0 saturated carbocycles. The lowest BCUT2D eigenvalue weighted by Gasteiger charge is -2.37. The number of carbonyl (C=O) groups excluding carboxylic acids is 5. The minimum atomic E-state index is -1.76. The molecule has 4 amide bonds. The summed E-state index contributed by atoms with van der Waals surface area (Å²) in [7, 11) is 0. The Bertz CT molecular complexity index is 1250. The van der Waals surface area contributed by atoms with Gasteiger partial charge in [0, 0.05) is 11.3 Å². The summed E-state index contributed by atoms with van der Waals surface area (Å²) in [5, 5.41) is 47.9. The molecule has 3 rings (SSSR count). The van der Waals surface area contributed by atoms with Crippen LogP contribution in [0.3, 0.4) is 0 Å². The second-order valence-corrected chi connectivity index (χ2v) is 9.78. The second-order valence-electron chi connectivity index (χ2n) is 8.83. The zero-order valence-electron chi connectivity index (χ0n) is 22.0. The molecule has 1 aliphatic rings. The molecule has 226 valence electrons. The van der Waals surface area contributed by atoms with Crippen LogP contribution in [0.4, 0.5) is 5.69 Å². The van der Waals surface area contributed by atoms with Crippen molar-refractivity contribution >= 4 is 46.2 Å². The predicted molar refractivity (Wildman–Crippen MR) is 147 cm³/mol. The molecule has 2 aromatic rings. The predicted octanol–water partition coefficient (Wildman–Crippen LogP) is -2.32. The molecule has 15 nitrogen and oxygen atoms in total. The zero-order valence-corrected chi connectivity index (χ0v) is 22.8. The van der Waals surface area contributed by atoms with Gasteiger partial charge in [-0.15, -0.1) is 0 Å². The molecule has 16 heteroatoms. The topological polar surface area (TPSA) is 233 Å². The average molecular weight is 607 g/mol. The van der Waals surface area contributed by atoms with Crippen molar-refractivity contribution in [3.63, 3.8) is 0 Å². The van der Waals surface area contributed by atoms with Crippen LogP contribution in [0.15, 0.2) is 54.6 Å². The maximum atomic E-state index is 12.1. The van der Waals surface area contributed by atoms with Crippen molar-refractivity contribution in [3.8, 4) is 5.75 Å². The van der Waals surface area contributed by atoms with Crippen molar-refractivity contribution in [2.24, 2.45) is 0 Å². The van der Waals surface area contributed by atoms with Crippen molar-refractivity contribution in [3.05, 3.63) is 60.2 Å². The Morgan fingerprint density at radius 1 is 0.714 bits per heavy atom. The Balaban J connectivity index is 1.29. The van der Waals surface area contributed by atoms with Gasteiger partial charge in [-0.25, -0.2) is 0 Å². The van der Waals surface area contributed by atoms with Gasteiger partial charge < -0.3 is 51.2 Å². The van der Waals surface area contributed by atoms with E-state index in [1.54, 1.807) is 30.3 Å². The van der Waals surface area contributed by atoms with Crippen LogP contribution in [0.1, 0.15) is 10.4 Å². The fourth-order valence-electron chi connectivity index (χ4n) is 3.39. The normalized spacial score (nSPS) is 21.5. The van der Waals surface area contributed by atoms with Gasteiger partial charge in [0.2, 0.25) is 35.0 Å². The van der Waals surface area contributed by atoms with Gasteiger partial charge in [0.1, 0.15) is 24.1 Å². The van der Waals surface area contributed by atoms with Crippen LogP contribution < -0.4 is 26.0 Å². The van der Waals surface area contributed by atoms with E-state index in [0.29, 0.717) is 11.3 Å².